The van der Waals surface area contributed by atoms with E-state index in [1.165, 1.54) is 15.8 Å². The molecule has 5 rings (SSSR count). The second kappa shape index (κ2) is 10.9. The average Bonchev–Trinajstić information content (AvgIpc) is 3.68. The molecular weight excluding hydrogens is 472 g/mol. The number of fused-ring (bicyclic) bond motifs is 2. The third kappa shape index (κ3) is 5.09. The van der Waals surface area contributed by atoms with E-state index in [9.17, 15) is 0 Å². The summed E-state index contributed by atoms with van der Waals surface area (Å²) in [7, 11) is 0. The highest BCUT2D eigenvalue weighted by atomic mass is 32.1. The van der Waals surface area contributed by atoms with Crippen molar-refractivity contribution in [3.8, 4) is 21.8 Å². The molecule has 37 heavy (non-hydrogen) atoms. The van der Waals surface area contributed by atoms with Crippen molar-refractivity contribution < 1.29 is 0 Å². The van der Waals surface area contributed by atoms with Crippen LogP contribution in [0.1, 0.15) is 38.7 Å². The number of benzene rings is 2. The zero-order valence-corrected chi connectivity index (χ0v) is 22.2. The number of hydrogen-bond donors (Lipinski definition) is 3. The number of aromatic amines is 2. The monoisotopic (exact) mass is 504 g/mol. The number of aromatic nitrogens is 3. The SMILES string of the molecule is C=C/C(=C\C(=C/C)c1ccc2[nH]nc(-c3cc4c(-c5cccs5)cccc4[nH]3)c2c1)NC(=C)CCCC. The summed E-state index contributed by atoms with van der Waals surface area (Å²) in [6.45, 7) is 12.4. The van der Waals surface area contributed by atoms with Crippen molar-refractivity contribution in [3.05, 3.63) is 108 Å². The lowest BCUT2D eigenvalue weighted by Gasteiger charge is -2.11. The second-order valence-electron chi connectivity index (χ2n) is 9.14. The Morgan fingerprint density at radius 3 is 2.73 bits per heavy atom. The van der Waals surface area contributed by atoms with Gasteiger partial charge in [0.15, 0.2) is 0 Å². The lowest BCUT2D eigenvalue weighted by molar-refractivity contribution is 0.751. The van der Waals surface area contributed by atoms with Gasteiger partial charge in [-0.2, -0.15) is 5.10 Å². The van der Waals surface area contributed by atoms with Crippen LogP contribution in [0.4, 0.5) is 0 Å². The second-order valence-corrected chi connectivity index (χ2v) is 10.1. The number of allylic oxidation sites excluding steroid dienone is 5. The molecule has 0 fully saturated rings. The first kappa shape index (κ1) is 24.6. The molecule has 0 radical (unpaired) electrons. The number of rotatable bonds is 10. The van der Waals surface area contributed by atoms with Crippen molar-refractivity contribution in [2.24, 2.45) is 0 Å². The summed E-state index contributed by atoms with van der Waals surface area (Å²) < 4.78 is 0. The topological polar surface area (TPSA) is 56.5 Å². The van der Waals surface area contributed by atoms with Gasteiger partial charge in [0.05, 0.1) is 11.2 Å². The third-order valence-electron chi connectivity index (χ3n) is 6.60. The molecule has 3 aromatic heterocycles. The quantitative estimate of drug-likeness (QED) is 0.166. The van der Waals surface area contributed by atoms with Crippen LogP contribution in [-0.2, 0) is 0 Å². The maximum atomic E-state index is 4.70. The zero-order valence-electron chi connectivity index (χ0n) is 21.4. The van der Waals surface area contributed by atoms with E-state index < -0.39 is 0 Å². The lowest BCUT2D eigenvalue weighted by Crippen LogP contribution is -2.10. The highest BCUT2D eigenvalue weighted by Crippen LogP contribution is 2.36. The number of thiophene rings is 1. The van der Waals surface area contributed by atoms with Crippen molar-refractivity contribution in [3.63, 3.8) is 0 Å². The van der Waals surface area contributed by atoms with Crippen molar-refractivity contribution in [2.75, 3.05) is 0 Å². The van der Waals surface area contributed by atoms with Crippen molar-refractivity contribution in [1.82, 2.24) is 20.5 Å². The van der Waals surface area contributed by atoms with E-state index in [2.05, 4.69) is 115 Å². The Morgan fingerprint density at radius 2 is 1.97 bits per heavy atom. The van der Waals surface area contributed by atoms with Crippen LogP contribution < -0.4 is 5.32 Å². The van der Waals surface area contributed by atoms with Crippen LogP contribution in [0.2, 0.25) is 0 Å². The van der Waals surface area contributed by atoms with Crippen LogP contribution in [0.25, 0.3) is 49.2 Å². The molecule has 0 unspecified atom stereocenters. The summed E-state index contributed by atoms with van der Waals surface area (Å²) >= 11 is 1.76. The molecule has 0 saturated carbocycles. The van der Waals surface area contributed by atoms with Crippen molar-refractivity contribution in [2.45, 2.75) is 33.1 Å². The number of H-pyrrole nitrogens is 2. The van der Waals surface area contributed by atoms with Crippen LogP contribution in [-0.4, -0.2) is 15.2 Å². The Labute approximate surface area is 222 Å². The zero-order chi connectivity index (χ0) is 25.8. The molecule has 0 atom stereocenters. The fourth-order valence-electron chi connectivity index (χ4n) is 4.63. The molecule has 0 spiro atoms. The Hall–Kier alpha value is -4.09. The van der Waals surface area contributed by atoms with Gasteiger partial charge in [0.25, 0.3) is 0 Å². The van der Waals surface area contributed by atoms with Gasteiger partial charge in [0.1, 0.15) is 5.69 Å². The predicted molar refractivity (Wildman–Crippen MR) is 160 cm³/mol. The van der Waals surface area contributed by atoms with E-state index in [-0.39, 0.29) is 0 Å². The molecule has 4 nitrogen and oxygen atoms in total. The Balaban J connectivity index is 1.51. The largest absolute Gasteiger partial charge is 0.359 e. The van der Waals surface area contributed by atoms with Gasteiger partial charge in [-0.3, -0.25) is 5.10 Å². The van der Waals surface area contributed by atoms with Gasteiger partial charge in [-0.15, -0.1) is 11.3 Å². The van der Waals surface area contributed by atoms with Gasteiger partial charge < -0.3 is 10.3 Å². The van der Waals surface area contributed by atoms with Crippen LogP contribution in [0.5, 0.6) is 0 Å². The minimum absolute atomic E-state index is 0.916. The summed E-state index contributed by atoms with van der Waals surface area (Å²) in [6.07, 6.45) is 9.31. The van der Waals surface area contributed by atoms with Gasteiger partial charge in [-0.05, 0) is 78.8 Å². The van der Waals surface area contributed by atoms with E-state index in [0.29, 0.717) is 0 Å². The van der Waals surface area contributed by atoms with E-state index >= 15 is 0 Å². The standard InChI is InChI=1S/C32H32N4S/c1-5-8-11-21(4)33-24(7-3)18-22(6-2)23-15-16-29-27(19-23)32(36-35-29)30-20-26-25(31-14-10-17-37-31)12-9-13-28(26)34-30/h6-7,9-10,12-20,33-34H,3-5,8,11H2,1-2H3,(H,35,36)/b22-6+,24-18+. The summed E-state index contributed by atoms with van der Waals surface area (Å²) in [5.41, 5.74) is 9.45. The van der Waals surface area contributed by atoms with E-state index in [4.69, 9.17) is 5.10 Å². The normalized spacial score (nSPS) is 12.4. The smallest absolute Gasteiger partial charge is 0.116 e. The molecule has 0 aliphatic carbocycles. The van der Waals surface area contributed by atoms with Crippen LogP contribution in [0, 0.1) is 0 Å². The number of hydrogen-bond acceptors (Lipinski definition) is 3. The first-order valence-corrected chi connectivity index (χ1v) is 13.6. The maximum Gasteiger partial charge on any atom is 0.116 e. The summed E-state index contributed by atoms with van der Waals surface area (Å²) in [5, 5.41) is 15.7. The Kier molecular flexibility index (Phi) is 7.24. The Morgan fingerprint density at radius 1 is 1.08 bits per heavy atom. The molecule has 0 amide bonds. The van der Waals surface area contributed by atoms with Gasteiger partial charge in [-0.25, -0.2) is 0 Å². The van der Waals surface area contributed by atoms with Gasteiger partial charge in [0, 0.05) is 38.1 Å². The first-order chi connectivity index (χ1) is 18.1. The molecule has 0 bridgehead atoms. The molecular formula is C32H32N4S. The van der Waals surface area contributed by atoms with Crippen molar-refractivity contribution >= 4 is 38.7 Å². The minimum Gasteiger partial charge on any atom is -0.359 e. The molecule has 0 aliphatic rings. The molecule has 0 aliphatic heterocycles. The van der Waals surface area contributed by atoms with Crippen molar-refractivity contribution in [1.29, 1.82) is 0 Å². The highest BCUT2D eigenvalue weighted by Gasteiger charge is 2.15. The molecule has 5 heteroatoms. The van der Waals surface area contributed by atoms with E-state index in [1.807, 2.05) is 6.08 Å². The highest BCUT2D eigenvalue weighted by molar-refractivity contribution is 7.13. The number of unbranched alkanes of at least 4 members (excludes halogenated alkanes) is 1. The average molecular weight is 505 g/mol. The predicted octanol–water partition coefficient (Wildman–Crippen LogP) is 9.21. The summed E-state index contributed by atoms with van der Waals surface area (Å²) in [6, 6.07) is 19.3. The molecule has 2 aromatic carbocycles. The minimum atomic E-state index is 0.916. The molecule has 186 valence electrons. The van der Waals surface area contributed by atoms with E-state index in [1.54, 1.807) is 11.3 Å². The van der Waals surface area contributed by atoms with Gasteiger partial charge in [-0.1, -0.05) is 56.8 Å². The van der Waals surface area contributed by atoms with Crippen LogP contribution in [0.3, 0.4) is 0 Å². The fraction of sp³-hybridized carbons (Fsp3) is 0.156. The van der Waals surface area contributed by atoms with Gasteiger partial charge >= 0.3 is 0 Å². The van der Waals surface area contributed by atoms with Crippen LogP contribution >= 0.6 is 11.3 Å². The molecule has 0 saturated heterocycles. The number of nitrogens with one attached hydrogen (secondary N) is 3. The molecule has 3 heterocycles. The molecule has 3 N–H and O–H groups in total. The van der Waals surface area contributed by atoms with Crippen LogP contribution in [0.15, 0.2) is 103 Å². The van der Waals surface area contributed by atoms with Gasteiger partial charge in [0.2, 0.25) is 0 Å². The lowest BCUT2D eigenvalue weighted by atomic mass is 10.0. The number of nitrogens with zero attached hydrogens (tertiary/aromatic N) is 1. The third-order valence-corrected chi connectivity index (χ3v) is 7.50. The first-order valence-electron chi connectivity index (χ1n) is 12.7. The maximum absolute atomic E-state index is 4.70. The van der Waals surface area contributed by atoms with E-state index in [0.717, 1.165) is 69.6 Å². The fourth-order valence-corrected chi connectivity index (χ4v) is 5.40. The Bertz CT molecular complexity index is 1630. The summed E-state index contributed by atoms with van der Waals surface area (Å²) in [4.78, 5) is 4.86. The molecule has 5 aromatic rings. The summed E-state index contributed by atoms with van der Waals surface area (Å²) in [5.74, 6) is 0.